The Bertz CT molecular complexity index is 558. The maximum absolute atomic E-state index is 12.5. The van der Waals surface area contributed by atoms with Gasteiger partial charge in [-0.15, -0.1) is 0 Å². The van der Waals surface area contributed by atoms with Crippen LogP contribution in [-0.2, 0) is 9.53 Å². The lowest BCUT2D eigenvalue weighted by atomic mass is 10.1. The number of hydrogen-bond donors (Lipinski definition) is 1. The number of carbonyl (C=O) groups is 2. The van der Waals surface area contributed by atoms with Crippen LogP contribution in [0.2, 0.25) is 0 Å². The van der Waals surface area contributed by atoms with E-state index in [1.807, 2.05) is 6.92 Å². The molecule has 0 spiro atoms. The van der Waals surface area contributed by atoms with E-state index in [0.717, 1.165) is 5.76 Å². The summed E-state index contributed by atoms with van der Waals surface area (Å²) in [4.78, 5) is 28.2. The van der Waals surface area contributed by atoms with Crippen molar-refractivity contribution in [3.05, 3.63) is 23.2 Å². The minimum absolute atomic E-state index is 0.0183. The van der Waals surface area contributed by atoms with Crippen molar-refractivity contribution in [3.8, 4) is 0 Å². The van der Waals surface area contributed by atoms with Gasteiger partial charge in [0.2, 0.25) is 5.91 Å². The average Bonchev–Trinajstić information content (AvgIpc) is 2.90. The van der Waals surface area contributed by atoms with Crippen LogP contribution in [-0.4, -0.2) is 67.6 Å². The van der Waals surface area contributed by atoms with Crippen LogP contribution >= 0.6 is 0 Å². The van der Waals surface area contributed by atoms with Gasteiger partial charge in [-0.3, -0.25) is 9.59 Å². The van der Waals surface area contributed by atoms with Crippen LogP contribution in [0.5, 0.6) is 0 Å². The summed E-state index contributed by atoms with van der Waals surface area (Å²) < 4.78 is 10.6. The molecule has 1 aromatic rings. The zero-order chi connectivity index (χ0) is 17.0. The smallest absolute Gasteiger partial charge is 0.257 e. The average molecular weight is 323 g/mol. The Morgan fingerprint density at radius 1 is 1.26 bits per heavy atom. The summed E-state index contributed by atoms with van der Waals surface area (Å²) in [5, 5.41) is 0. The van der Waals surface area contributed by atoms with Crippen molar-refractivity contribution in [1.82, 2.24) is 9.80 Å². The van der Waals surface area contributed by atoms with Gasteiger partial charge in [0.15, 0.2) is 0 Å². The first-order chi connectivity index (χ1) is 11.0. The van der Waals surface area contributed by atoms with Crippen molar-refractivity contribution in [2.75, 3.05) is 39.8 Å². The monoisotopic (exact) mass is 323 g/mol. The third kappa shape index (κ3) is 4.11. The molecule has 2 N–H and O–H groups in total. The number of nitrogens with two attached hydrogens (primary N) is 1. The highest BCUT2D eigenvalue weighted by Gasteiger charge is 2.27. The number of aryl methyl sites for hydroxylation is 2. The van der Waals surface area contributed by atoms with Gasteiger partial charge in [-0.05, 0) is 19.9 Å². The maximum Gasteiger partial charge on any atom is 0.257 e. The maximum atomic E-state index is 12.5. The molecule has 1 fully saturated rings. The molecule has 1 atom stereocenters. The first kappa shape index (κ1) is 17.5. The van der Waals surface area contributed by atoms with Gasteiger partial charge in [0.05, 0.1) is 18.1 Å². The van der Waals surface area contributed by atoms with E-state index in [1.165, 1.54) is 0 Å². The van der Waals surface area contributed by atoms with Crippen LogP contribution in [0.25, 0.3) is 0 Å². The van der Waals surface area contributed by atoms with Crippen LogP contribution in [0.1, 0.15) is 28.3 Å². The number of furan rings is 1. The summed E-state index contributed by atoms with van der Waals surface area (Å²) >= 11 is 0. The molecular weight excluding hydrogens is 298 g/mol. The van der Waals surface area contributed by atoms with Gasteiger partial charge in [-0.2, -0.15) is 0 Å². The lowest BCUT2D eigenvalue weighted by molar-refractivity contribution is -0.135. The molecule has 1 aromatic heterocycles. The van der Waals surface area contributed by atoms with Crippen LogP contribution < -0.4 is 5.73 Å². The molecule has 2 heterocycles. The fourth-order valence-corrected chi connectivity index (χ4v) is 2.76. The van der Waals surface area contributed by atoms with E-state index in [0.29, 0.717) is 44.0 Å². The summed E-state index contributed by atoms with van der Waals surface area (Å²) in [6, 6.07) is 1.76. The van der Waals surface area contributed by atoms with E-state index in [-0.39, 0.29) is 24.3 Å². The van der Waals surface area contributed by atoms with Gasteiger partial charge in [0.25, 0.3) is 5.91 Å². The number of amides is 2. The molecule has 1 unspecified atom stereocenters. The highest BCUT2D eigenvalue weighted by molar-refractivity contribution is 5.95. The highest BCUT2D eigenvalue weighted by atomic mass is 16.5. The summed E-state index contributed by atoms with van der Waals surface area (Å²) in [5.74, 6) is 1.34. The number of carbonyl (C=O) groups excluding carboxylic acids is 2. The third-order valence-corrected chi connectivity index (χ3v) is 4.19. The Morgan fingerprint density at radius 2 is 1.87 bits per heavy atom. The normalized spacial score (nSPS) is 16.5. The van der Waals surface area contributed by atoms with Gasteiger partial charge in [0.1, 0.15) is 11.5 Å². The standard InChI is InChI=1S/C16H25N3O4/c1-11-8-14(12(2)23-11)16(21)19-6-4-18(5-7-19)15(20)9-13(10-17)22-3/h8,13H,4-7,9-10,17H2,1-3H3. The number of hydrogen-bond acceptors (Lipinski definition) is 5. The molecule has 0 saturated carbocycles. The molecule has 2 rings (SSSR count). The van der Waals surface area contributed by atoms with Crippen LogP contribution in [0.4, 0.5) is 0 Å². The molecule has 7 heteroatoms. The minimum atomic E-state index is -0.251. The van der Waals surface area contributed by atoms with Crippen molar-refractivity contribution in [2.45, 2.75) is 26.4 Å². The van der Waals surface area contributed by atoms with Gasteiger partial charge >= 0.3 is 0 Å². The third-order valence-electron chi connectivity index (χ3n) is 4.19. The molecule has 0 bridgehead atoms. The zero-order valence-corrected chi connectivity index (χ0v) is 14.0. The predicted octanol–water partition coefficient (Wildman–Crippen LogP) is 0.545. The Balaban J connectivity index is 1.89. The fourth-order valence-electron chi connectivity index (χ4n) is 2.76. The first-order valence-corrected chi connectivity index (χ1v) is 7.83. The predicted molar refractivity (Wildman–Crippen MR) is 85.1 cm³/mol. The summed E-state index contributed by atoms with van der Waals surface area (Å²) in [6.07, 6.45) is 0.0276. The quantitative estimate of drug-likeness (QED) is 0.854. The molecular formula is C16H25N3O4. The lowest BCUT2D eigenvalue weighted by Gasteiger charge is -2.35. The second kappa shape index (κ2) is 7.61. The number of methoxy groups -OCH3 is 1. The van der Waals surface area contributed by atoms with E-state index in [9.17, 15) is 9.59 Å². The lowest BCUT2D eigenvalue weighted by Crippen LogP contribution is -2.51. The molecule has 1 aliphatic rings. The Kier molecular flexibility index (Phi) is 5.79. The first-order valence-electron chi connectivity index (χ1n) is 7.83. The topological polar surface area (TPSA) is 89.0 Å². The summed E-state index contributed by atoms with van der Waals surface area (Å²) in [6.45, 7) is 6.04. The van der Waals surface area contributed by atoms with Crippen molar-refractivity contribution in [1.29, 1.82) is 0 Å². The largest absolute Gasteiger partial charge is 0.466 e. The number of ether oxygens (including phenoxy) is 1. The molecule has 0 radical (unpaired) electrons. The molecule has 0 aliphatic carbocycles. The molecule has 128 valence electrons. The molecule has 1 aliphatic heterocycles. The Labute approximate surface area is 136 Å². The van der Waals surface area contributed by atoms with E-state index in [4.69, 9.17) is 14.9 Å². The number of rotatable bonds is 5. The van der Waals surface area contributed by atoms with Gasteiger partial charge < -0.3 is 24.7 Å². The minimum Gasteiger partial charge on any atom is -0.466 e. The summed E-state index contributed by atoms with van der Waals surface area (Å²) in [5.41, 5.74) is 6.15. The van der Waals surface area contributed by atoms with E-state index in [2.05, 4.69) is 0 Å². The van der Waals surface area contributed by atoms with Gasteiger partial charge in [-0.1, -0.05) is 0 Å². The van der Waals surface area contributed by atoms with E-state index >= 15 is 0 Å². The molecule has 23 heavy (non-hydrogen) atoms. The number of piperazine rings is 1. The summed E-state index contributed by atoms with van der Waals surface area (Å²) in [7, 11) is 1.55. The number of nitrogens with zero attached hydrogens (tertiary/aromatic N) is 2. The van der Waals surface area contributed by atoms with Crippen LogP contribution in [0.15, 0.2) is 10.5 Å². The van der Waals surface area contributed by atoms with Crippen molar-refractivity contribution < 1.29 is 18.7 Å². The molecule has 2 amide bonds. The van der Waals surface area contributed by atoms with Crippen molar-refractivity contribution in [2.24, 2.45) is 5.73 Å². The SMILES string of the molecule is COC(CN)CC(=O)N1CCN(C(=O)c2cc(C)oc2C)CC1. The van der Waals surface area contributed by atoms with Crippen LogP contribution in [0.3, 0.4) is 0 Å². The van der Waals surface area contributed by atoms with E-state index in [1.54, 1.807) is 29.9 Å². The molecule has 7 nitrogen and oxygen atoms in total. The van der Waals surface area contributed by atoms with Gasteiger partial charge in [0, 0.05) is 39.8 Å². The van der Waals surface area contributed by atoms with Gasteiger partial charge in [-0.25, -0.2) is 0 Å². The van der Waals surface area contributed by atoms with Crippen molar-refractivity contribution in [3.63, 3.8) is 0 Å². The molecule has 0 aromatic carbocycles. The molecule has 1 saturated heterocycles. The van der Waals surface area contributed by atoms with Crippen molar-refractivity contribution >= 4 is 11.8 Å². The van der Waals surface area contributed by atoms with Crippen LogP contribution in [0, 0.1) is 13.8 Å². The van der Waals surface area contributed by atoms with E-state index < -0.39 is 0 Å². The Hall–Kier alpha value is -1.86. The second-order valence-corrected chi connectivity index (χ2v) is 5.80. The Morgan fingerprint density at radius 3 is 2.35 bits per heavy atom. The highest BCUT2D eigenvalue weighted by Crippen LogP contribution is 2.17. The zero-order valence-electron chi connectivity index (χ0n) is 14.0. The second-order valence-electron chi connectivity index (χ2n) is 5.80. The fraction of sp³-hybridized carbons (Fsp3) is 0.625.